The van der Waals surface area contributed by atoms with Gasteiger partial charge in [0.25, 0.3) is 0 Å². The second-order valence-electron chi connectivity index (χ2n) is 14.2. The van der Waals surface area contributed by atoms with Crippen molar-refractivity contribution in [1.82, 2.24) is 0 Å². The van der Waals surface area contributed by atoms with E-state index in [0.717, 1.165) is 130 Å². The van der Waals surface area contributed by atoms with Gasteiger partial charge < -0.3 is 0 Å². The van der Waals surface area contributed by atoms with E-state index in [-0.39, 0.29) is 9.75 Å². The fourth-order valence-electron chi connectivity index (χ4n) is 6.91. The number of hydrogen-bond acceptors (Lipinski definition) is 4. The molecule has 0 N–H and O–H groups in total. The Bertz CT molecular complexity index is 2140. The summed E-state index contributed by atoms with van der Waals surface area (Å²) in [4.78, 5) is 4.28. The highest BCUT2D eigenvalue weighted by Crippen LogP contribution is 2.49. The van der Waals surface area contributed by atoms with E-state index in [1.165, 1.54) is 34.8 Å². The largest absolute Gasteiger partial charge is 0.203 e. The molecule has 0 aliphatic carbocycles. The molecule has 4 aromatic heterocycles. The third-order valence-corrected chi connectivity index (χ3v) is 15.1. The van der Waals surface area contributed by atoms with Crippen molar-refractivity contribution in [3.63, 3.8) is 0 Å². The average Bonchev–Trinajstić information content (AvgIpc) is 4.04. The topological polar surface area (TPSA) is 0 Å². The lowest BCUT2D eigenvalue weighted by atomic mass is 10.0. The van der Waals surface area contributed by atoms with E-state index in [9.17, 15) is 43.9 Å². The van der Waals surface area contributed by atoms with Gasteiger partial charge in [-0.1, -0.05) is 78.1 Å². The molecule has 0 spiro atoms. The van der Waals surface area contributed by atoms with Gasteiger partial charge in [-0.05, 0) is 73.2 Å². The predicted molar refractivity (Wildman–Crippen MR) is 219 cm³/mol. The van der Waals surface area contributed by atoms with E-state index >= 15 is 0 Å². The van der Waals surface area contributed by atoms with E-state index in [4.69, 9.17) is 0 Å². The van der Waals surface area contributed by atoms with Crippen LogP contribution in [0.15, 0.2) is 36.4 Å². The van der Waals surface area contributed by atoms with E-state index in [2.05, 4.69) is 13.8 Å². The highest BCUT2D eigenvalue weighted by atomic mass is 32.1. The molecule has 0 saturated heterocycles. The summed E-state index contributed by atoms with van der Waals surface area (Å²) in [7, 11) is 0. The third kappa shape index (κ3) is 9.29. The quantitative estimate of drug-likeness (QED) is 0.0329. The molecule has 0 radical (unpaired) electrons. The van der Waals surface area contributed by atoms with Crippen LogP contribution in [0.25, 0.3) is 50.1 Å². The van der Waals surface area contributed by atoms with E-state index in [0.29, 0.717) is 22.6 Å². The summed E-state index contributed by atoms with van der Waals surface area (Å²) in [6.07, 6.45) is 13.0. The van der Waals surface area contributed by atoms with Crippen molar-refractivity contribution in [2.75, 3.05) is 0 Å². The molecule has 310 valence electrons. The van der Waals surface area contributed by atoms with Crippen LogP contribution in [0.5, 0.6) is 0 Å². The molecule has 14 heteroatoms. The maximum Gasteiger partial charge on any atom is 0.200 e. The van der Waals surface area contributed by atoms with Crippen molar-refractivity contribution in [3.8, 4) is 50.1 Å². The minimum absolute atomic E-state index is 0.0719. The highest BCUT2D eigenvalue weighted by Gasteiger charge is 2.30. The van der Waals surface area contributed by atoms with E-state index in [1.807, 2.05) is 24.3 Å². The molecular weight excluding hydrogens is 847 g/mol. The lowest BCUT2D eigenvalue weighted by Gasteiger charge is -2.06. The van der Waals surface area contributed by atoms with Gasteiger partial charge in [0.15, 0.2) is 46.5 Å². The van der Waals surface area contributed by atoms with E-state index in [1.54, 1.807) is 0 Å². The van der Waals surface area contributed by atoms with Crippen molar-refractivity contribution in [3.05, 3.63) is 106 Å². The Labute approximate surface area is 347 Å². The molecule has 0 fully saturated rings. The maximum absolute atomic E-state index is 15.0. The van der Waals surface area contributed by atoms with Gasteiger partial charge in [0, 0.05) is 39.0 Å². The van der Waals surface area contributed by atoms with Gasteiger partial charge in [-0.3, -0.25) is 0 Å². The first-order chi connectivity index (χ1) is 27.9. The Morgan fingerprint density at radius 3 is 0.966 bits per heavy atom. The summed E-state index contributed by atoms with van der Waals surface area (Å²) < 4.78 is 145. The molecule has 2 aromatic carbocycles. The van der Waals surface area contributed by atoms with Gasteiger partial charge >= 0.3 is 0 Å². The summed E-state index contributed by atoms with van der Waals surface area (Å²) in [5.74, 6) is -20.0. The highest BCUT2D eigenvalue weighted by molar-refractivity contribution is 7.29. The fraction of sp³-hybridized carbons (Fsp3) is 0.364. The summed E-state index contributed by atoms with van der Waals surface area (Å²) in [6, 6.07) is 10.4. The maximum atomic E-state index is 15.0. The van der Waals surface area contributed by atoms with Crippen molar-refractivity contribution in [1.29, 1.82) is 0 Å². The smallest absolute Gasteiger partial charge is 0.200 e. The zero-order valence-corrected chi connectivity index (χ0v) is 35.0. The molecule has 0 atom stereocenters. The molecule has 4 heterocycles. The van der Waals surface area contributed by atoms with Crippen LogP contribution in [-0.2, 0) is 12.8 Å². The number of thiophene rings is 4. The molecule has 58 heavy (non-hydrogen) atoms. The normalized spacial score (nSPS) is 11.7. The predicted octanol–water partition coefficient (Wildman–Crippen LogP) is 17.5. The third-order valence-electron chi connectivity index (χ3n) is 10.0. The van der Waals surface area contributed by atoms with Crippen LogP contribution in [-0.4, -0.2) is 0 Å². The Morgan fingerprint density at radius 2 is 0.621 bits per heavy atom. The molecule has 0 bridgehead atoms. The number of aryl methyl sites for hydroxylation is 2. The second-order valence-corrected chi connectivity index (χ2v) is 18.5. The second kappa shape index (κ2) is 19.7. The molecule has 6 rings (SSSR count). The van der Waals surface area contributed by atoms with Crippen molar-refractivity contribution in [2.45, 2.75) is 104 Å². The van der Waals surface area contributed by atoms with Gasteiger partial charge in [0.2, 0.25) is 11.6 Å². The SMILES string of the molecule is CCCCCCCCc1cc(-c2c(F)c(F)c(F)c(F)c2F)sc1-c1ccc(-c2ccc(-c3sc(-c4c(F)c(F)c(F)c(F)c4F)cc3CCCCCCCC)s2)s1. The molecule has 0 nitrogen and oxygen atoms in total. The minimum Gasteiger partial charge on any atom is -0.203 e. The zero-order valence-electron chi connectivity index (χ0n) is 31.8. The monoisotopic (exact) mass is 886 g/mol. The van der Waals surface area contributed by atoms with Gasteiger partial charge in [-0.15, -0.1) is 45.3 Å². The number of hydrogen-bond donors (Lipinski definition) is 0. The first-order valence-corrected chi connectivity index (χ1v) is 22.6. The van der Waals surface area contributed by atoms with E-state index < -0.39 is 69.3 Å². The van der Waals surface area contributed by atoms with Crippen molar-refractivity contribution < 1.29 is 43.9 Å². The molecule has 0 aliphatic heterocycles. The summed E-state index contributed by atoms with van der Waals surface area (Å²) in [5.41, 5.74) is -0.458. The minimum atomic E-state index is -2.22. The first-order valence-electron chi connectivity index (χ1n) is 19.4. The molecule has 0 saturated carbocycles. The Kier molecular flexibility index (Phi) is 15.0. The van der Waals surface area contributed by atoms with Crippen LogP contribution in [0.4, 0.5) is 43.9 Å². The van der Waals surface area contributed by atoms with Crippen LogP contribution in [0.2, 0.25) is 0 Å². The number of benzene rings is 2. The molecule has 0 unspecified atom stereocenters. The number of rotatable bonds is 19. The standard InChI is InChI=1S/C44H40F10S4/c1-3-5-7-9-11-13-15-23-21-29(31-33(45)37(49)41(53)38(50)34(31)46)57-43(23)27-19-17-25(55-27)26-18-20-28(56-26)44-24(16-14-12-10-8-6-4-2)22-30(58-44)32-35(47)39(51)42(54)40(52)36(32)48/h17-22H,3-16H2,1-2H3. The average molecular weight is 887 g/mol. The van der Waals surface area contributed by atoms with Crippen LogP contribution in [0.1, 0.15) is 102 Å². The van der Waals surface area contributed by atoms with Crippen LogP contribution < -0.4 is 0 Å². The Morgan fingerprint density at radius 1 is 0.328 bits per heavy atom. The van der Waals surface area contributed by atoms with Gasteiger partial charge in [-0.25, -0.2) is 43.9 Å². The van der Waals surface area contributed by atoms with Crippen molar-refractivity contribution >= 4 is 45.3 Å². The number of unbranched alkanes of at least 4 members (excludes halogenated alkanes) is 10. The Balaban J connectivity index is 1.34. The van der Waals surface area contributed by atoms with Gasteiger partial charge in [0.1, 0.15) is 0 Å². The lowest BCUT2D eigenvalue weighted by Crippen LogP contribution is -2.03. The first kappa shape index (κ1) is 44.1. The molecule has 0 amide bonds. The lowest BCUT2D eigenvalue weighted by molar-refractivity contribution is 0.381. The van der Waals surface area contributed by atoms with Crippen LogP contribution in [0.3, 0.4) is 0 Å². The molecule has 6 aromatic rings. The van der Waals surface area contributed by atoms with Gasteiger partial charge in [-0.2, -0.15) is 0 Å². The van der Waals surface area contributed by atoms with Gasteiger partial charge in [0.05, 0.1) is 11.1 Å². The molecule has 0 aliphatic rings. The fourth-order valence-corrected chi connectivity index (χ4v) is 11.8. The number of halogens is 10. The Hall–Kier alpha value is -3.46. The summed E-state index contributed by atoms with van der Waals surface area (Å²) >= 11 is 4.70. The summed E-state index contributed by atoms with van der Waals surface area (Å²) in [5, 5.41) is 0. The molecular formula is C44H40F10S4. The van der Waals surface area contributed by atoms with Crippen LogP contribution >= 0.6 is 45.3 Å². The van der Waals surface area contributed by atoms with Crippen LogP contribution in [0, 0.1) is 58.2 Å². The summed E-state index contributed by atoms with van der Waals surface area (Å²) in [6.45, 7) is 4.23. The zero-order chi connectivity index (χ0) is 41.7. The van der Waals surface area contributed by atoms with Crippen molar-refractivity contribution in [2.24, 2.45) is 0 Å².